The summed E-state index contributed by atoms with van der Waals surface area (Å²) in [6.45, 7) is 0. The van der Waals surface area contributed by atoms with Crippen molar-refractivity contribution < 1.29 is 12.8 Å². The Bertz CT molecular complexity index is 985. The third-order valence-electron chi connectivity index (χ3n) is 3.08. The van der Waals surface area contributed by atoms with Gasteiger partial charge in [-0.3, -0.25) is 4.72 Å². The van der Waals surface area contributed by atoms with Crippen molar-refractivity contribution in [3.8, 4) is 17.3 Å². The van der Waals surface area contributed by atoms with Gasteiger partial charge in [-0.2, -0.15) is 5.26 Å². The van der Waals surface area contributed by atoms with E-state index in [-0.39, 0.29) is 14.8 Å². The SMILES string of the molecule is N#Cc1cc(F)c(NS(=O)(=O)c2c[nH]c(-c3ccccc3)c2)s1. The van der Waals surface area contributed by atoms with Crippen molar-refractivity contribution in [1.82, 2.24) is 4.98 Å². The van der Waals surface area contributed by atoms with E-state index in [0.717, 1.165) is 23.0 Å². The van der Waals surface area contributed by atoms with Gasteiger partial charge in [0.05, 0.1) is 0 Å². The summed E-state index contributed by atoms with van der Waals surface area (Å²) in [7, 11) is -3.94. The van der Waals surface area contributed by atoms with Crippen LogP contribution in [0.15, 0.2) is 53.6 Å². The molecule has 0 spiro atoms. The maximum atomic E-state index is 13.6. The van der Waals surface area contributed by atoms with Crippen molar-refractivity contribution in [2.75, 3.05) is 4.72 Å². The molecule has 1 aromatic carbocycles. The molecule has 0 saturated carbocycles. The van der Waals surface area contributed by atoms with Gasteiger partial charge in [0.1, 0.15) is 20.8 Å². The fourth-order valence-corrected chi connectivity index (χ4v) is 4.02. The van der Waals surface area contributed by atoms with Crippen LogP contribution in [0.4, 0.5) is 9.39 Å². The van der Waals surface area contributed by atoms with E-state index in [9.17, 15) is 12.8 Å². The molecule has 23 heavy (non-hydrogen) atoms. The molecule has 0 fully saturated rings. The van der Waals surface area contributed by atoms with E-state index < -0.39 is 15.8 Å². The van der Waals surface area contributed by atoms with Crippen molar-refractivity contribution in [3.05, 3.63) is 59.4 Å². The largest absolute Gasteiger partial charge is 0.360 e. The highest BCUT2D eigenvalue weighted by Gasteiger charge is 2.20. The van der Waals surface area contributed by atoms with Gasteiger partial charge in [-0.15, -0.1) is 11.3 Å². The summed E-state index contributed by atoms with van der Waals surface area (Å²) < 4.78 is 40.4. The molecule has 2 heterocycles. The van der Waals surface area contributed by atoms with E-state index in [2.05, 4.69) is 9.71 Å². The number of aromatic amines is 1. The van der Waals surface area contributed by atoms with Crippen molar-refractivity contribution in [2.24, 2.45) is 0 Å². The molecule has 0 amide bonds. The zero-order valence-corrected chi connectivity index (χ0v) is 13.2. The number of halogens is 1. The average Bonchev–Trinajstić information content (AvgIpc) is 3.16. The zero-order valence-electron chi connectivity index (χ0n) is 11.6. The predicted molar refractivity (Wildman–Crippen MR) is 86.0 cm³/mol. The number of rotatable bonds is 4. The molecule has 0 bridgehead atoms. The van der Waals surface area contributed by atoms with Gasteiger partial charge in [0.25, 0.3) is 10.0 Å². The molecule has 0 aliphatic carbocycles. The number of benzene rings is 1. The van der Waals surface area contributed by atoms with Gasteiger partial charge in [-0.1, -0.05) is 30.3 Å². The lowest BCUT2D eigenvalue weighted by Gasteiger charge is -2.03. The van der Waals surface area contributed by atoms with Crippen LogP contribution in [0.25, 0.3) is 11.3 Å². The number of hydrogen-bond acceptors (Lipinski definition) is 4. The Morgan fingerprint density at radius 3 is 2.61 bits per heavy atom. The summed E-state index contributed by atoms with van der Waals surface area (Å²) in [6, 6.07) is 13.5. The molecule has 0 saturated heterocycles. The summed E-state index contributed by atoms with van der Waals surface area (Å²) in [6.07, 6.45) is 1.33. The first kappa shape index (κ1) is 15.3. The van der Waals surface area contributed by atoms with E-state index in [0.29, 0.717) is 5.69 Å². The van der Waals surface area contributed by atoms with Crippen LogP contribution in [0.1, 0.15) is 4.88 Å². The summed E-state index contributed by atoms with van der Waals surface area (Å²) in [4.78, 5) is 2.97. The Labute approximate surface area is 136 Å². The number of sulfonamides is 1. The number of aromatic nitrogens is 1. The number of nitrogens with one attached hydrogen (secondary N) is 2. The highest BCUT2D eigenvalue weighted by atomic mass is 32.2. The number of anilines is 1. The monoisotopic (exact) mass is 347 g/mol. The molecule has 0 radical (unpaired) electrons. The Morgan fingerprint density at radius 1 is 1.22 bits per heavy atom. The molecule has 2 N–H and O–H groups in total. The van der Waals surface area contributed by atoms with Crippen molar-refractivity contribution in [3.63, 3.8) is 0 Å². The van der Waals surface area contributed by atoms with Gasteiger partial charge in [0.2, 0.25) is 0 Å². The molecule has 0 aliphatic heterocycles. The van der Waals surface area contributed by atoms with Gasteiger partial charge >= 0.3 is 0 Å². The lowest BCUT2D eigenvalue weighted by Crippen LogP contribution is -2.11. The molecule has 3 rings (SSSR count). The minimum absolute atomic E-state index is 0.0114. The molecular weight excluding hydrogens is 337 g/mol. The van der Waals surface area contributed by atoms with Crippen LogP contribution in [0.3, 0.4) is 0 Å². The number of thiophene rings is 1. The Kier molecular flexibility index (Phi) is 3.90. The second kappa shape index (κ2) is 5.87. The van der Waals surface area contributed by atoms with Crippen molar-refractivity contribution in [1.29, 1.82) is 5.26 Å². The minimum atomic E-state index is -3.94. The minimum Gasteiger partial charge on any atom is -0.360 e. The van der Waals surface area contributed by atoms with Crippen molar-refractivity contribution >= 4 is 26.4 Å². The van der Waals surface area contributed by atoms with E-state index in [1.165, 1.54) is 12.3 Å². The highest BCUT2D eigenvalue weighted by Crippen LogP contribution is 2.29. The van der Waals surface area contributed by atoms with E-state index >= 15 is 0 Å². The quantitative estimate of drug-likeness (QED) is 0.757. The average molecular weight is 347 g/mol. The number of hydrogen-bond donors (Lipinski definition) is 2. The van der Waals surface area contributed by atoms with Crippen LogP contribution < -0.4 is 4.72 Å². The molecular formula is C15H10FN3O2S2. The van der Waals surface area contributed by atoms with E-state index in [4.69, 9.17) is 5.26 Å². The van der Waals surface area contributed by atoms with Gasteiger partial charge in [0.15, 0.2) is 5.82 Å². The highest BCUT2D eigenvalue weighted by molar-refractivity contribution is 7.93. The first-order valence-corrected chi connectivity index (χ1v) is 8.75. The lowest BCUT2D eigenvalue weighted by atomic mass is 10.2. The fraction of sp³-hybridized carbons (Fsp3) is 0. The van der Waals surface area contributed by atoms with Crippen LogP contribution >= 0.6 is 11.3 Å². The van der Waals surface area contributed by atoms with Gasteiger partial charge in [0, 0.05) is 18.0 Å². The van der Waals surface area contributed by atoms with E-state index in [1.54, 1.807) is 6.07 Å². The molecule has 116 valence electrons. The first-order valence-electron chi connectivity index (χ1n) is 6.46. The molecule has 0 atom stereocenters. The third-order valence-corrected chi connectivity index (χ3v) is 5.46. The summed E-state index contributed by atoms with van der Waals surface area (Å²) in [5.74, 6) is -0.769. The third kappa shape index (κ3) is 3.11. The van der Waals surface area contributed by atoms with Crippen LogP contribution in [0, 0.1) is 17.1 Å². The molecule has 8 heteroatoms. The first-order chi connectivity index (χ1) is 11.0. The second-order valence-corrected chi connectivity index (χ2v) is 7.35. The number of H-pyrrole nitrogens is 1. The standard InChI is InChI=1S/C15H10FN3O2S2/c16-13-6-11(8-17)22-15(13)19-23(20,21)12-7-14(18-9-12)10-4-2-1-3-5-10/h1-7,9,18-19H. The van der Waals surface area contributed by atoms with Crippen LogP contribution in [0.2, 0.25) is 0 Å². The zero-order chi connectivity index (χ0) is 16.4. The number of nitrogens with zero attached hydrogens (tertiary/aromatic N) is 1. The number of nitriles is 1. The molecule has 5 nitrogen and oxygen atoms in total. The Balaban J connectivity index is 1.90. The maximum Gasteiger partial charge on any atom is 0.264 e. The van der Waals surface area contributed by atoms with Crippen LogP contribution in [-0.2, 0) is 10.0 Å². The van der Waals surface area contributed by atoms with Gasteiger partial charge in [-0.25, -0.2) is 12.8 Å². The summed E-state index contributed by atoms with van der Waals surface area (Å²) in [5, 5.41) is 8.53. The summed E-state index contributed by atoms with van der Waals surface area (Å²) >= 11 is 0.748. The maximum absolute atomic E-state index is 13.6. The molecule has 0 unspecified atom stereocenters. The summed E-state index contributed by atoms with van der Waals surface area (Å²) in [5.41, 5.74) is 1.47. The molecule has 3 aromatic rings. The fourth-order valence-electron chi connectivity index (χ4n) is 1.99. The van der Waals surface area contributed by atoms with Gasteiger partial charge < -0.3 is 4.98 Å². The lowest BCUT2D eigenvalue weighted by molar-refractivity contribution is 0.599. The van der Waals surface area contributed by atoms with Crippen LogP contribution in [-0.4, -0.2) is 13.4 Å². The molecule has 0 aliphatic rings. The van der Waals surface area contributed by atoms with E-state index in [1.807, 2.05) is 30.3 Å². The van der Waals surface area contributed by atoms with Crippen LogP contribution in [0.5, 0.6) is 0 Å². The van der Waals surface area contributed by atoms with Crippen molar-refractivity contribution in [2.45, 2.75) is 4.90 Å². The smallest absolute Gasteiger partial charge is 0.264 e. The Morgan fingerprint density at radius 2 is 1.96 bits per heavy atom. The normalized spacial score (nSPS) is 11.1. The predicted octanol–water partition coefficient (Wildman–Crippen LogP) is 3.55. The second-order valence-electron chi connectivity index (χ2n) is 4.62. The van der Waals surface area contributed by atoms with Gasteiger partial charge in [-0.05, 0) is 11.6 Å². The molecule has 2 aromatic heterocycles. The Hall–Kier alpha value is -2.63. The topological polar surface area (TPSA) is 85.8 Å².